The lowest BCUT2D eigenvalue weighted by Gasteiger charge is -2.04. The summed E-state index contributed by atoms with van der Waals surface area (Å²) in [4.78, 5) is 5.60. The van der Waals surface area contributed by atoms with Gasteiger partial charge in [0.2, 0.25) is 0 Å². The number of nitrogens with two attached hydrogens (primary N) is 1. The molecule has 3 rings (SSSR count). The predicted molar refractivity (Wildman–Crippen MR) is 86.7 cm³/mol. The fourth-order valence-electron chi connectivity index (χ4n) is 1.77. The molecular weight excluding hydrogens is 406 g/mol. The second-order valence-electron chi connectivity index (χ2n) is 4.12. The van der Waals surface area contributed by atoms with E-state index in [1.54, 1.807) is 11.3 Å². The van der Waals surface area contributed by atoms with Crippen molar-refractivity contribution in [3.05, 3.63) is 49.3 Å². The number of anilines is 1. The maximum Gasteiger partial charge on any atom is 0.260 e. The van der Waals surface area contributed by atoms with Crippen LogP contribution >= 0.6 is 43.2 Å². The summed E-state index contributed by atoms with van der Waals surface area (Å²) in [7, 11) is 0. The summed E-state index contributed by atoms with van der Waals surface area (Å²) in [5.74, 6) is 1.08. The molecule has 0 spiro atoms. The minimum Gasteiger partial charge on any atom is -0.397 e. The van der Waals surface area contributed by atoms with Gasteiger partial charge in [-0.1, -0.05) is 27.2 Å². The SMILES string of the molecule is Nc1c(Br)cc(Br)cc1-c1nc(Cc2cccs2)no1. The molecule has 0 bridgehead atoms. The summed E-state index contributed by atoms with van der Waals surface area (Å²) >= 11 is 8.50. The summed E-state index contributed by atoms with van der Waals surface area (Å²) < 4.78 is 7.00. The van der Waals surface area contributed by atoms with Gasteiger partial charge in [-0.3, -0.25) is 0 Å². The van der Waals surface area contributed by atoms with Crippen LogP contribution in [0, 0.1) is 0 Å². The van der Waals surface area contributed by atoms with E-state index in [1.165, 1.54) is 4.88 Å². The van der Waals surface area contributed by atoms with Crippen molar-refractivity contribution in [2.75, 3.05) is 5.73 Å². The van der Waals surface area contributed by atoms with E-state index in [0.717, 1.165) is 14.5 Å². The smallest absolute Gasteiger partial charge is 0.260 e. The van der Waals surface area contributed by atoms with Gasteiger partial charge in [-0.15, -0.1) is 11.3 Å². The van der Waals surface area contributed by atoms with E-state index < -0.39 is 0 Å². The molecule has 4 nitrogen and oxygen atoms in total. The van der Waals surface area contributed by atoms with E-state index in [0.29, 0.717) is 23.8 Å². The highest BCUT2D eigenvalue weighted by Gasteiger charge is 2.15. The maximum absolute atomic E-state index is 6.04. The van der Waals surface area contributed by atoms with Crippen molar-refractivity contribution in [2.45, 2.75) is 6.42 Å². The lowest BCUT2D eigenvalue weighted by molar-refractivity contribution is 0.424. The zero-order chi connectivity index (χ0) is 14.1. The van der Waals surface area contributed by atoms with Gasteiger partial charge in [0.05, 0.1) is 11.3 Å². The molecule has 3 aromatic rings. The highest BCUT2D eigenvalue weighted by Crippen LogP contribution is 2.34. The molecule has 0 aliphatic heterocycles. The standard InChI is InChI=1S/C13H9Br2N3OS/c14-7-4-9(12(16)10(15)5-7)13-17-11(18-19-13)6-8-2-1-3-20-8/h1-5H,6,16H2. The van der Waals surface area contributed by atoms with Crippen LogP contribution in [0.2, 0.25) is 0 Å². The van der Waals surface area contributed by atoms with Gasteiger partial charge >= 0.3 is 0 Å². The monoisotopic (exact) mass is 413 g/mol. The largest absolute Gasteiger partial charge is 0.397 e. The van der Waals surface area contributed by atoms with Crippen molar-refractivity contribution in [3.63, 3.8) is 0 Å². The third-order valence-corrected chi connectivity index (χ3v) is 4.70. The minimum absolute atomic E-state index is 0.427. The third-order valence-electron chi connectivity index (χ3n) is 2.71. The Morgan fingerprint density at radius 2 is 2.15 bits per heavy atom. The van der Waals surface area contributed by atoms with E-state index in [9.17, 15) is 0 Å². The Labute approximate surface area is 136 Å². The van der Waals surface area contributed by atoms with E-state index >= 15 is 0 Å². The molecule has 1 aromatic carbocycles. The van der Waals surface area contributed by atoms with Crippen LogP contribution in [-0.4, -0.2) is 10.1 Å². The van der Waals surface area contributed by atoms with Crippen molar-refractivity contribution in [1.82, 2.24) is 10.1 Å². The van der Waals surface area contributed by atoms with Crippen LogP contribution in [0.1, 0.15) is 10.7 Å². The second-order valence-corrected chi connectivity index (χ2v) is 6.92. The molecule has 2 aromatic heterocycles. The van der Waals surface area contributed by atoms with Gasteiger partial charge in [-0.05, 0) is 39.5 Å². The molecule has 102 valence electrons. The first-order valence-corrected chi connectivity index (χ1v) is 8.20. The number of nitrogen functional groups attached to an aromatic ring is 1. The number of hydrogen-bond donors (Lipinski definition) is 1. The lowest BCUT2D eigenvalue weighted by atomic mass is 10.2. The number of hydrogen-bond acceptors (Lipinski definition) is 5. The molecule has 7 heteroatoms. The fourth-order valence-corrected chi connectivity index (χ4v) is 3.69. The predicted octanol–water partition coefficient (Wildman–Crippen LogP) is 4.50. The van der Waals surface area contributed by atoms with E-state index in [1.807, 2.05) is 29.6 Å². The summed E-state index contributed by atoms with van der Waals surface area (Å²) in [6.07, 6.45) is 0.663. The summed E-state index contributed by atoms with van der Waals surface area (Å²) in [6.45, 7) is 0. The summed E-state index contributed by atoms with van der Waals surface area (Å²) in [5.41, 5.74) is 7.34. The topological polar surface area (TPSA) is 64.9 Å². The van der Waals surface area contributed by atoms with Gasteiger partial charge < -0.3 is 10.3 Å². The van der Waals surface area contributed by atoms with E-state index in [4.69, 9.17) is 10.3 Å². The third kappa shape index (κ3) is 2.79. The van der Waals surface area contributed by atoms with Crippen molar-refractivity contribution >= 4 is 48.9 Å². The normalized spacial score (nSPS) is 10.9. The van der Waals surface area contributed by atoms with E-state index in [-0.39, 0.29) is 0 Å². The minimum atomic E-state index is 0.427. The van der Waals surface area contributed by atoms with Crippen LogP contribution < -0.4 is 5.73 Å². The van der Waals surface area contributed by atoms with Crippen molar-refractivity contribution in [1.29, 1.82) is 0 Å². The van der Waals surface area contributed by atoms with Gasteiger partial charge in [0.25, 0.3) is 5.89 Å². The van der Waals surface area contributed by atoms with Crippen molar-refractivity contribution in [2.24, 2.45) is 0 Å². The molecule has 0 saturated carbocycles. The highest BCUT2D eigenvalue weighted by molar-refractivity contribution is 9.11. The molecule has 0 aliphatic rings. The molecule has 0 amide bonds. The molecule has 0 atom stereocenters. The number of benzene rings is 1. The molecule has 2 heterocycles. The molecule has 0 fully saturated rings. The molecule has 2 N–H and O–H groups in total. The second kappa shape index (κ2) is 5.67. The van der Waals surface area contributed by atoms with Crippen LogP contribution in [0.15, 0.2) is 43.1 Å². The average Bonchev–Trinajstić information content (AvgIpc) is 3.06. The number of halogens is 2. The first-order chi connectivity index (χ1) is 9.63. The van der Waals surface area contributed by atoms with Gasteiger partial charge in [0, 0.05) is 20.2 Å². The number of rotatable bonds is 3. The van der Waals surface area contributed by atoms with E-state index in [2.05, 4.69) is 42.0 Å². The molecule has 20 heavy (non-hydrogen) atoms. The van der Waals surface area contributed by atoms with Crippen LogP contribution in [0.25, 0.3) is 11.5 Å². The van der Waals surface area contributed by atoms with Crippen molar-refractivity contribution in [3.8, 4) is 11.5 Å². The Morgan fingerprint density at radius 3 is 2.90 bits per heavy atom. The molecule has 0 radical (unpaired) electrons. The lowest BCUT2D eigenvalue weighted by Crippen LogP contribution is -1.93. The van der Waals surface area contributed by atoms with Gasteiger partial charge in [-0.2, -0.15) is 4.98 Å². The first-order valence-electron chi connectivity index (χ1n) is 5.73. The van der Waals surface area contributed by atoms with Crippen LogP contribution in [0.3, 0.4) is 0 Å². The molecular formula is C13H9Br2N3OS. The average molecular weight is 415 g/mol. The summed E-state index contributed by atoms with van der Waals surface area (Å²) in [5, 5.41) is 6.03. The Kier molecular flexibility index (Phi) is 3.91. The quantitative estimate of drug-likeness (QED) is 0.641. The Bertz CT molecular complexity index is 740. The number of aromatic nitrogens is 2. The Morgan fingerprint density at radius 1 is 1.30 bits per heavy atom. The van der Waals surface area contributed by atoms with Crippen LogP contribution in [0.5, 0.6) is 0 Å². The number of thiophene rings is 1. The maximum atomic E-state index is 6.04. The first kappa shape index (κ1) is 13.8. The van der Waals surface area contributed by atoms with Gasteiger partial charge in [0.1, 0.15) is 0 Å². The summed E-state index contributed by atoms with van der Waals surface area (Å²) in [6, 6.07) is 7.79. The van der Waals surface area contributed by atoms with Crippen LogP contribution in [-0.2, 0) is 6.42 Å². The zero-order valence-corrected chi connectivity index (χ0v) is 14.1. The molecule has 0 aliphatic carbocycles. The Hall–Kier alpha value is -1.18. The van der Waals surface area contributed by atoms with Gasteiger partial charge in [-0.25, -0.2) is 0 Å². The van der Waals surface area contributed by atoms with Crippen molar-refractivity contribution < 1.29 is 4.52 Å². The molecule has 0 unspecified atom stereocenters. The zero-order valence-electron chi connectivity index (χ0n) is 10.1. The fraction of sp³-hybridized carbons (Fsp3) is 0.0769. The number of nitrogens with zero attached hydrogens (tertiary/aromatic N) is 2. The highest BCUT2D eigenvalue weighted by atomic mass is 79.9. The molecule has 0 saturated heterocycles. The Balaban J connectivity index is 1.94. The van der Waals surface area contributed by atoms with Gasteiger partial charge in [0.15, 0.2) is 5.82 Å². The van der Waals surface area contributed by atoms with Crippen LogP contribution in [0.4, 0.5) is 5.69 Å².